The van der Waals surface area contributed by atoms with E-state index in [1.807, 2.05) is 0 Å². The zero-order valence-corrected chi connectivity index (χ0v) is 27.1. The summed E-state index contributed by atoms with van der Waals surface area (Å²) in [6.07, 6.45) is 0. The Balaban J connectivity index is -0.00000132. The van der Waals surface area contributed by atoms with Gasteiger partial charge < -0.3 is 39.6 Å². The molecule has 0 saturated carbocycles. The molecule has 2 aromatic carbocycles. The standard InChI is InChI=1S/C14H8O8.4K/c15-11(16)5-1-2-6(12(17)18)8-4-10(14(21)22)9(13(19)20)3-7(5)8;;;;/h1-4H,(H,15,16)(H,17,18)(H,19,20)(H,21,22);;;;/q;4*+1/p-4. The van der Waals surface area contributed by atoms with E-state index in [0.717, 1.165) is 12.1 Å². The fourth-order valence-electron chi connectivity index (χ4n) is 2.09. The first-order valence-electron chi connectivity index (χ1n) is 5.70. The summed E-state index contributed by atoms with van der Waals surface area (Å²) in [4.78, 5) is 44.0. The molecule has 0 amide bonds. The van der Waals surface area contributed by atoms with Crippen molar-refractivity contribution in [2.75, 3.05) is 0 Å². The Kier molecular flexibility index (Phi) is 19.5. The van der Waals surface area contributed by atoms with Gasteiger partial charge in [0.05, 0.1) is 23.9 Å². The van der Waals surface area contributed by atoms with Crippen molar-refractivity contribution < 1.29 is 245 Å². The Morgan fingerprint density at radius 3 is 0.923 bits per heavy atom. The second kappa shape index (κ2) is 15.0. The number of rotatable bonds is 4. The minimum Gasteiger partial charge on any atom is -0.545 e. The number of carbonyl (C=O) groups excluding carboxylic acids is 4. The van der Waals surface area contributed by atoms with Crippen LogP contribution >= 0.6 is 0 Å². The molecule has 0 spiro atoms. The largest absolute Gasteiger partial charge is 1.00 e. The molecule has 0 aliphatic heterocycles. The van der Waals surface area contributed by atoms with Crippen LogP contribution in [0.25, 0.3) is 10.8 Å². The topological polar surface area (TPSA) is 161 Å². The Labute approximate surface area is 317 Å². The molecule has 0 aliphatic carbocycles. The minimum absolute atomic E-state index is 0. The van der Waals surface area contributed by atoms with E-state index in [0.29, 0.717) is 12.1 Å². The van der Waals surface area contributed by atoms with Gasteiger partial charge in [-0.2, -0.15) is 0 Å². The number of carboxylic acids is 4. The number of carbonyl (C=O) groups is 4. The van der Waals surface area contributed by atoms with Gasteiger partial charge in [-0.3, -0.25) is 0 Å². The molecule has 0 saturated heterocycles. The van der Waals surface area contributed by atoms with E-state index < -0.39 is 46.1 Å². The molecule has 0 aromatic heterocycles. The van der Waals surface area contributed by atoms with Crippen molar-refractivity contribution in [1.82, 2.24) is 0 Å². The van der Waals surface area contributed by atoms with Crippen molar-refractivity contribution in [3.8, 4) is 0 Å². The predicted molar refractivity (Wildman–Crippen MR) is 61.3 cm³/mol. The number of benzene rings is 2. The van der Waals surface area contributed by atoms with Crippen molar-refractivity contribution >= 4 is 34.6 Å². The monoisotopic (exact) mass is 456 g/mol. The van der Waals surface area contributed by atoms with Gasteiger partial charge in [0.15, 0.2) is 0 Å². The van der Waals surface area contributed by atoms with Gasteiger partial charge in [-0.15, -0.1) is 0 Å². The molecule has 2 aromatic rings. The zero-order valence-electron chi connectivity index (χ0n) is 14.6. The number of aromatic carboxylic acids is 4. The Morgan fingerprint density at radius 1 is 0.500 bits per heavy atom. The van der Waals surface area contributed by atoms with Crippen LogP contribution in [0.4, 0.5) is 0 Å². The predicted octanol–water partition coefficient (Wildman–Crippen LogP) is -15.7. The van der Waals surface area contributed by atoms with Gasteiger partial charge in [0.25, 0.3) is 0 Å². The van der Waals surface area contributed by atoms with Gasteiger partial charge >= 0.3 is 206 Å². The number of hydrogen-bond donors (Lipinski definition) is 0. The van der Waals surface area contributed by atoms with Gasteiger partial charge in [-0.05, 0) is 22.9 Å². The first-order chi connectivity index (χ1) is 10.2. The molecule has 26 heavy (non-hydrogen) atoms. The van der Waals surface area contributed by atoms with Crippen LogP contribution in [-0.2, 0) is 0 Å². The first-order valence-corrected chi connectivity index (χ1v) is 5.70. The maximum absolute atomic E-state index is 11.0. The number of carboxylic acid groups (broad SMARTS) is 4. The normalized spacial score (nSPS) is 8.77. The molecular weight excluding hydrogens is 453 g/mol. The van der Waals surface area contributed by atoms with Crippen LogP contribution < -0.4 is 226 Å². The first kappa shape index (κ1) is 33.8. The van der Waals surface area contributed by atoms with Crippen LogP contribution in [0.15, 0.2) is 24.3 Å². The summed E-state index contributed by atoms with van der Waals surface area (Å²) in [5.41, 5.74) is -2.70. The van der Waals surface area contributed by atoms with Crippen LogP contribution in [-0.4, -0.2) is 23.9 Å². The third kappa shape index (κ3) is 7.99. The second-order valence-corrected chi connectivity index (χ2v) is 4.25. The Morgan fingerprint density at radius 2 is 0.731 bits per heavy atom. The van der Waals surface area contributed by atoms with Crippen LogP contribution in [0.3, 0.4) is 0 Å². The average molecular weight is 457 g/mol. The van der Waals surface area contributed by atoms with Gasteiger partial charge in [0, 0.05) is 22.3 Å². The van der Waals surface area contributed by atoms with E-state index in [1.54, 1.807) is 0 Å². The van der Waals surface area contributed by atoms with Crippen LogP contribution in [0.2, 0.25) is 0 Å². The molecule has 8 nitrogen and oxygen atoms in total. The SMILES string of the molecule is O=C([O-])c1cc2c(C(=O)[O-])ccc(C(=O)[O-])c2cc1C(=O)[O-].[K+].[K+].[K+].[K+]. The maximum Gasteiger partial charge on any atom is 1.00 e. The molecule has 0 N–H and O–H groups in total. The molecule has 0 bridgehead atoms. The van der Waals surface area contributed by atoms with Crippen LogP contribution in [0, 0.1) is 0 Å². The fraction of sp³-hybridized carbons (Fsp3) is 0. The van der Waals surface area contributed by atoms with Crippen LogP contribution in [0.1, 0.15) is 41.4 Å². The Bertz CT molecular complexity index is 795. The second-order valence-electron chi connectivity index (χ2n) is 4.25. The van der Waals surface area contributed by atoms with E-state index >= 15 is 0 Å². The summed E-state index contributed by atoms with van der Waals surface area (Å²) in [5.74, 6) is -7.16. The van der Waals surface area contributed by atoms with Gasteiger partial charge in [-0.1, -0.05) is 12.1 Å². The minimum atomic E-state index is -1.88. The third-order valence-electron chi connectivity index (χ3n) is 3.03. The van der Waals surface area contributed by atoms with Crippen molar-refractivity contribution in [3.63, 3.8) is 0 Å². The van der Waals surface area contributed by atoms with Crippen molar-refractivity contribution in [1.29, 1.82) is 0 Å². The third-order valence-corrected chi connectivity index (χ3v) is 3.03. The summed E-state index contributed by atoms with van der Waals surface area (Å²) >= 11 is 0. The van der Waals surface area contributed by atoms with Gasteiger partial charge in [0.1, 0.15) is 0 Å². The molecule has 0 heterocycles. The maximum atomic E-state index is 11.0. The van der Waals surface area contributed by atoms with E-state index in [1.165, 1.54) is 0 Å². The molecular formula is C14H4K4O8. The summed E-state index contributed by atoms with van der Waals surface area (Å²) < 4.78 is 0. The van der Waals surface area contributed by atoms with Crippen molar-refractivity contribution in [3.05, 3.63) is 46.5 Å². The molecule has 0 atom stereocenters. The smallest absolute Gasteiger partial charge is 0.545 e. The number of hydrogen-bond acceptors (Lipinski definition) is 8. The van der Waals surface area contributed by atoms with Gasteiger partial charge in [-0.25, -0.2) is 0 Å². The molecule has 0 unspecified atom stereocenters. The summed E-state index contributed by atoms with van der Waals surface area (Å²) in [5, 5.41) is 43.4. The van der Waals surface area contributed by atoms with E-state index in [2.05, 4.69) is 0 Å². The summed E-state index contributed by atoms with van der Waals surface area (Å²) in [6, 6.07) is 3.15. The van der Waals surface area contributed by atoms with E-state index in [9.17, 15) is 39.6 Å². The fourth-order valence-corrected chi connectivity index (χ4v) is 2.09. The van der Waals surface area contributed by atoms with Gasteiger partial charge in [0.2, 0.25) is 0 Å². The molecule has 12 heteroatoms. The molecule has 2 rings (SSSR count). The summed E-state index contributed by atoms with van der Waals surface area (Å²) in [6.45, 7) is 0. The molecule has 0 radical (unpaired) electrons. The quantitative estimate of drug-likeness (QED) is 0.410. The van der Waals surface area contributed by atoms with E-state index in [4.69, 9.17) is 0 Å². The average Bonchev–Trinajstić information content (AvgIpc) is 2.43. The van der Waals surface area contributed by atoms with Crippen molar-refractivity contribution in [2.24, 2.45) is 0 Å². The Hall–Kier alpha value is 3.13. The van der Waals surface area contributed by atoms with E-state index in [-0.39, 0.29) is 216 Å². The van der Waals surface area contributed by atoms with Crippen molar-refractivity contribution in [2.45, 2.75) is 0 Å². The molecule has 0 fully saturated rings. The van der Waals surface area contributed by atoms with Crippen LogP contribution in [0.5, 0.6) is 0 Å². The molecule has 112 valence electrons. The number of fused-ring (bicyclic) bond motifs is 1. The summed E-state index contributed by atoms with van der Waals surface area (Å²) in [7, 11) is 0. The zero-order chi connectivity index (χ0) is 16.6. The molecule has 0 aliphatic rings.